The Kier molecular flexibility index (Phi) is 3.34. The van der Waals surface area contributed by atoms with Crippen molar-refractivity contribution in [3.05, 3.63) is 29.8 Å². The van der Waals surface area contributed by atoms with E-state index in [0.29, 0.717) is 0 Å². The van der Waals surface area contributed by atoms with E-state index >= 15 is 0 Å². The van der Waals surface area contributed by atoms with Gasteiger partial charge in [-0.3, -0.25) is 0 Å². The summed E-state index contributed by atoms with van der Waals surface area (Å²) in [5.74, 6) is -0.0932. The average molecular weight is 353 g/mol. The van der Waals surface area contributed by atoms with Crippen LogP contribution >= 0.6 is 7.43 Å². The topological polar surface area (TPSA) is 66.0 Å². The van der Waals surface area contributed by atoms with Gasteiger partial charge in [0.15, 0.2) is 0 Å². The molecule has 10 heteroatoms. The molecule has 0 radical (unpaired) electrons. The molecule has 3 rings (SSSR count). The Morgan fingerprint density at radius 1 is 1.22 bits per heavy atom. The molecule has 0 spiro atoms. The number of carbonyl (C=O) groups is 1. The molecule has 6 nitrogen and oxygen atoms in total. The van der Waals surface area contributed by atoms with Crippen LogP contribution in [-0.4, -0.2) is 25.5 Å². The van der Waals surface area contributed by atoms with Crippen LogP contribution in [0, 0.1) is 0 Å². The van der Waals surface area contributed by atoms with Crippen molar-refractivity contribution < 1.29 is 36.3 Å². The summed E-state index contributed by atoms with van der Waals surface area (Å²) >= 11 is 0. The van der Waals surface area contributed by atoms with Gasteiger partial charge in [0.2, 0.25) is 0 Å². The van der Waals surface area contributed by atoms with Crippen LogP contribution < -0.4 is 9.61 Å². The maximum absolute atomic E-state index is 14.2. The fourth-order valence-electron chi connectivity index (χ4n) is 3.06. The molecule has 0 aromatic heterocycles. The fraction of sp³-hybridized carbons (Fsp3) is 0.462. The second-order valence-electron chi connectivity index (χ2n) is 4.95. The van der Waals surface area contributed by atoms with Gasteiger partial charge in [0.05, 0.1) is 0 Å². The van der Waals surface area contributed by atoms with E-state index in [-0.39, 0.29) is 24.5 Å². The number of ether oxygens (including phenoxy) is 1. The molecule has 128 valence electrons. The Morgan fingerprint density at radius 3 is 2.39 bits per heavy atom. The standard InChI is InChI=1S/C13H15F3NO5P/c1-3-19-23(20-4-2)12(13(14,15)16,21-11(18)17-23)9-7-5-6-8-10(9)22-23/h5-8H,3-4H2,1-2H3,(H,17,18)/t12-/m0/s1. The molecule has 1 saturated heterocycles. The Hall–Kier alpha value is -1.57. The van der Waals surface area contributed by atoms with Gasteiger partial charge in [-0.05, 0) is 0 Å². The minimum atomic E-state index is -5.25. The first-order valence-electron chi connectivity index (χ1n) is 6.95. The first-order chi connectivity index (χ1) is 10.7. The van der Waals surface area contributed by atoms with E-state index in [1.165, 1.54) is 38.1 Å². The van der Waals surface area contributed by atoms with Gasteiger partial charge >= 0.3 is 129 Å². The van der Waals surface area contributed by atoms with Crippen molar-refractivity contribution in [3.63, 3.8) is 0 Å². The maximum atomic E-state index is 14.2. The summed E-state index contributed by atoms with van der Waals surface area (Å²) in [6, 6.07) is 5.45. The summed E-state index contributed by atoms with van der Waals surface area (Å²) in [4.78, 5) is 11.8. The summed E-state index contributed by atoms with van der Waals surface area (Å²) in [7, 11) is -5.25. The number of carbonyl (C=O) groups excluding carboxylic acids is 1. The van der Waals surface area contributed by atoms with E-state index in [2.05, 4.69) is 5.09 Å². The van der Waals surface area contributed by atoms with E-state index in [0.717, 1.165) is 0 Å². The predicted molar refractivity (Wildman–Crippen MR) is 74.6 cm³/mol. The van der Waals surface area contributed by atoms with Crippen LogP contribution in [0.5, 0.6) is 5.75 Å². The van der Waals surface area contributed by atoms with Crippen LogP contribution in [0.1, 0.15) is 19.4 Å². The minimum absolute atomic E-state index is 0.0932. The zero-order valence-electron chi connectivity index (χ0n) is 12.3. The molecule has 2 aliphatic rings. The van der Waals surface area contributed by atoms with Gasteiger partial charge in [0.25, 0.3) is 0 Å². The second kappa shape index (κ2) is 4.72. The van der Waals surface area contributed by atoms with E-state index in [1.54, 1.807) is 0 Å². The van der Waals surface area contributed by atoms with E-state index < -0.39 is 25.0 Å². The fourth-order valence-corrected chi connectivity index (χ4v) is 7.16. The van der Waals surface area contributed by atoms with Crippen molar-refractivity contribution in [2.24, 2.45) is 0 Å². The number of rotatable bonds is 4. The van der Waals surface area contributed by atoms with E-state index in [9.17, 15) is 18.0 Å². The molecule has 2 heterocycles. The molecule has 0 saturated carbocycles. The molecule has 0 aliphatic carbocycles. The molecule has 1 atom stereocenters. The quantitative estimate of drug-likeness (QED) is 0.834. The summed E-state index contributed by atoms with van der Waals surface area (Å²) in [6.45, 7) is 2.62. The zero-order valence-corrected chi connectivity index (χ0v) is 13.2. The van der Waals surface area contributed by atoms with Crippen LogP contribution in [0.25, 0.3) is 0 Å². The first-order valence-corrected chi connectivity index (χ1v) is 8.94. The Labute approximate surface area is 130 Å². The molecule has 0 unspecified atom stereocenters. The molecule has 2 aliphatic heterocycles. The van der Waals surface area contributed by atoms with Gasteiger partial charge in [-0.25, -0.2) is 0 Å². The van der Waals surface area contributed by atoms with Crippen molar-refractivity contribution in [1.82, 2.24) is 5.09 Å². The molecule has 1 fully saturated rings. The van der Waals surface area contributed by atoms with Crippen molar-refractivity contribution in [1.29, 1.82) is 0 Å². The summed E-state index contributed by atoms with van der Waals surface area (Å²) in [5, 5.41) is -1.03. The Morgan fingerprint density at radius 2 is 1.83 bits per heavy atom. The molecule has 1 aromatic carbocycles. The number of para-hydroxylation sites is 1. The number of nitrogens with one attached hydrogen (secondary N) is 1. The Balaban J connectivity index is 2.39. The monoisotopic (exact) mass is 353 g/mol. The van der Waals surface area contributed by atoms with Gasteiger partial charge in [-0.1, -0.05) is 0 Å². The molecule has 1 aromatic rings. The van der Waals surface area contributed by atoms with Gasteiger partial charge in [0.1, 0.15) is 0 Å². The first kappa shape index (κ1) is 16.3. The molecule has 1 amide bonds. The van der Waals surface area contributed by atoms with Crippen molar-refractivity contribution in [2.75, 3.05) is 13.2 Å². The average Bonchev–Trinajstić information content (AvgIpc) is 2.82. The number of amides is 1. The number of hydrogen-bond acceptors (Lipinski definition) is 5. The number of hydrogen-bond donors (Lipinski definition) is 1. The van der Waals surface area contributed by atoms with Gasteiger partial charge in [-0.15, -0.1) is 0 Å². The van der Waals surface area contributed by atoms with Gasteiger partial charge in [0, 0.05) is 0 Å². The number of alkyl halides is 3. The number of benzene rings is 1. The van der Waals surface area contributed by atoms with E-state index in [4.69, 9.17) is 18.3 Å². The van der Waals surface area contributed by atoms with Crippen LogP contribution in [0.3, 0.4) is 0 Å². The number of halogens is 3. The molecule has 0 bridgehead atoms. The third kappa shape index (κ3) is 1.72. The van der Waals surface area contributed by atoms with Crippen molar-refractivity contribution in [2.45, 2.75) is 25.4 Å². The SMILES string of the molecule is CCOP12(OCC)NC(=O)O[C@@]1(C(F)(F)F)c1ccccc1O2. The van der Waals surface area contributed by atoms with Gasteiger partial charge < -0.3 is 0 Å². The normalized spacial score (nSPS) is 28.6. The summed E-state index contributed by atoms with van der Waals surface area (Å²) in [6.07, 6.45) is -6.31. The van der Waals surface area contributed by atoms with E-state index in [1.807, 2.05) is 0 Å². The van der Waals surface area contributed by atoms with Crippen molar-refractivity contribution in [3.8, 4) is 5.75 Å². The van der Waals surface area contributed by atoms with Crippen LogP contribution in [-0.2, 0) is 19.1 Å². The third-order valence-electron chi connectivity index (χ3n) is 3.70. The summed E-state index contributed by atoms with van der Waals surface area (Å²) < 4.78 is 63.8. The molecular weight excluding hydrogens is 338 g/mol. The summed E-state index contributed by atoms with van der Waals surface area (Å²) in [5.41, 5.74) is -0.342. The third-order valence-corrected chi connectivity index (χ3v) is 7.92. The zero-order chi connectivity index (χ0) is 17.0. The van der Waals surface area contributed by atoms with Crippen LogP contribution in [0.15, 0.2) is 24.3 Å². The predicted octanol–water partition coefficient (Wildman–Crippen LogP) is 3.82. The van der Waals surface area contributed by atoms with Crippen molar-refractivity contribution >= 4 is 13.5 Å². The van der Waals surface area contributed by atoms with Crippen LogP contribution in [0.4, 0.5) is 18.0 Å². The van der Waals surface area contributed by atoms with Gasteiger partial charge in [-0.2, -0.15) is 0 Å². The van der Waals surface area contributed by atoms with Crippen LogP contribution in [0.2, 0.25) is 0 Å². The Bertz CT molecular complexity index is 661. The second-order valence-corrected chi connectivity index (χ2v) is 8.27. The number of fused-ring (bicyclic) bond motifs is 3. The molecule has 1 N–H and O–H groups in total. The molecule has 23 heavy (non-hydrogen) atoms. The molecular formula is C13H15F3NO5P.